The molecule has 19 heavy (non-hydrogen) atoms. The first kappa shape index (κ1) is 14.7. The van der Waals surface area contributed by atoms with E-state index in [1.165, 1.54) is 16.4 Å². The maximum absolute atomic E-state index is 13.3. The van der Waals surface area contributed by atoms with Crippen LogP contribution in [0.25, 0.3) is 0 Å². The maximum atomic E-state index is 13.3. The van der Waals surface area contributed by atoms with Crippen molar-refractivity contribution >= 4 is 21.6 Å². The highest BCUT2D eigenvalue weighted by Gasteiger charge is 2.32. The highest BCUT2D eigenvalue weighted by Crippen LogP contribution is 2.24. The van der Waals surface area contributed by atoms with Gasteiger partial charge < -0.3 is 4.74 Å². The lowest BCUT2D eigenvalue weighted by Gasteiger charge is -2.16. The Hall–Kier alpha value is -0.690. The summed E-state index contributed by atoms with van der Waals surface area (Å²) in [7, 11) is -2.04. The molecule has 0 amide bonds. The van der Waals surface area contributed by atoms with E-state index >= 15 is 0 Å². The fraction of sp³-hybridized carbons (Fsp3) is 0.500. The summed E-state index contributed by atoms with van der Waals surface area (Å²) >= 11 is 5.59. The predicted octanol–water partition coefficient (Wildman–Crippen LogP) is 1.97. The second-order valence-electron chi connectivity index (χ2n) is 4.40. The molecule has 1 aromatic rings. The van der Waals surface area contributed by atoms with Crippen molar-refractivity contribution in [1.29, 1.82) is 0 Å². The third-order valence-corrected chi connectivity index (χ3v) is 5.39. The normalized spacial score (nSPS) is 20.9. The van der Waals surface area contributed by atoms with Gasteiger partial charge in [0, 0.05) is 25.8 Å². The van der Waals surface area contributed by atoms with Crippen molar-refractivity contribution in [2.24, 2.45) is 0 Å². The zero-order chi connectivity index (χ0) is 14.0. The number of rotatable bonds is 4. The van der Waals surface area contributed by atoms with Crippen molar-refractivity contribution in [3.8, 4) is 0 Å². The van der Waals surface area contributed by atoms with Crippen LogP contribution in [0.3, 0.4) is 0 Å². The van der Waals surface area contributed by atoms with Crippen LogP contribution in [0.2, 0.25) is 0 Å². The molecule has 106 valence electrons. The van der Waals surface area contributed by atoms with Crippen molar-refractivity contribution in [3.05, 3.63) is 29.6 Å². The van der Waals surface area contributed by atoms with E-state index in [0.717, 1.165) is 6.07 Å². The van der Waals surface area contributed by atoms with Gasteiger partial charge in [-0.2, -0.15) is 4.31 Å². The van der Waals surface area contributed by atoms with Crippen molar-refractivity contribution in [2.45, 2.75) is 23.3 Å². The van der Waals surface area contributed by atoms with Gasteiger partial charge in [0.1, 0.15) is 5.82 Å². The molecule has 1 heterocycles. The Morgan fingerprint density at radius 2 is 2.26 bits per heavy atom. The van der Waals surface area contributed by atoms with Crippen molar-refractivity contribution in [3.63, 3.8) is 0 Å². The molecular weight excluding hydrogens is 293 g/mol. The van der Waals surface area contributed by atoms with E-state index in [0.29, 0.717) is 19.5 Å². The average Bonchev–Trinajstić information content (AvgIpc) is 2.88. The Bertz CT molecular complexity index is 564. The van der Waals surface area contributed by atoms with Crippen LogP contribution in [0.15, 0.2) is 23.1 Å². The molecule has 4 nitrogen and oxygen atoms in total. The maximum Gasteiger partial charge on any atom is 0.243 e. The van der Waals surface area contributed by atoms with Gasteiger partial charge in [0.2, 0.25) is 10.0 Å². The van der Waals surface area contributed by atoms with Gasteiger partial charge in [-0.1, -0.05) is 0 Å². The summed E-state index contributed by atoms with van der Waals surface area (Å²) in [5.74, 6) is -0.555. The SMILES string of the molecule is COC1CCN(S(=O)(=O)c2ccc(F)c(CCl)c2)C1. The number of methoxy groups -OCH3 is 1. The fourth-order valence-electron chi connectivity index (χ4n) is 2.07. The summed E-state index contributed by atoms with van der Waals surface area (Å²) in [5, 5.41) is 0. The van der Waals surface area contributed by atoms with Crippen LogP contribution in [0.5, 0.6) is 0 Å². The number of nitrogens with zero attached hydrogens (tertiary/aromatic N) is 1. The van der Waals surface area contributed by atoms with E-state index in [-0.39, 0.29) is 22.4 Å². The summed E-state index contributed by atoms with van der Waals surface area (Å²) in [6, 6.07) is 3.69. The van der Waals surface area contributed by atoms with Crippen LogP contribution in [0.1, 0.15) is 12.0 Å². The van der Waals surface area contributed by atoms with Gasteiger partial charge in [0.05, 0.1) is 16.9 Å². The third-order valence-electron chi connectivity index (χ3n) is 3.24. The predicted molar refractivity (Wildman–Crippen MR) is 70.1 cm³/mol. The van der Waals surface area contributed by atoms with E-state index in [1.54, 1.807) is 7.11 Å². The second-order valence-corrected chi connectivity index (χ2v) is 6.60. The number of sulfonamides is 1. The number of halogens is 2. The molecule has 0 bridgehead atoms. The van der Waals surface area contributed by atoms with Crippen molar-refractivity contribution < 1.29 is 17.5 Å². The van der Waals surface area contributed by atoms with Gasteiger partial charge >= 0.3 is 0 Å². The van der Waals surface area contributed by atoms with Crippen molar-refractivity contribution in [1.82, 2.24) is 4.31 Å². The van der Waals surface area contributed by atoms with Gasteiger partial charge in [-0.05, 0) is 24.6 Å². The zero-order valence-electron chi connectivity index (χ0n) is 10.5. The number of ether oxygens (including phenoxy) is 1. The molecule has 0 aliphatic carbocycles. The molecule has 2 rings (SSSR count). The summed E-state index contributed by atoms with van der Waals surface area (Å²) in [6.07, 6.45) is 0.585. The lowest BCUT2D eigenvalue weighted by molar-refractivity contribution is 0.115. The first-order valence-electron chi connectivity index (χ1n) is 5.86. The molecule has 1 aliphatic heterocycles. The molecule has 0 aromatic heterocycles. The Morgan fingerprint density at radius 3 is 2.84 bits per heavy atom. The summed E-state index contributed by atoms with van der Waals surface area (Å²) in [6.45, 7) is 0.737. The zero-order valence-corrected chi connectivity index (χ0v) is 12.0. The van der Waals surface area contributed by atoms with E-state index in [9.17, 15) is 12.8 Å². The molecule has 1 fully saturated rings. The van der Waals surface area contributed by atoms with Crippen molar-refractivity contribution in [2.75, 3.05) is 20.2 Å². The average molecular weight is 308 g/mol. The van der Waals surface area contributed by atoms with Crippen LogP contribution in [-0.2, 0) is 20.6 Å². The van der Waals surface area contributed by atoms with E-state index < -0.39 is 15.8 Å². The Balaban J connectivity index is 2.30. The molecule has 0 saturated carbocycles. The molecule has 7 heteroatoms. The Kier molecular flexibility index (Phi) is 4.45. The first-order chi connectivity index (χ1) is 8.98. The highest BCUT2D eigenvalue weighted by molar-refractivity contribution is 7.89. The molecule has 1 atom stereocenters. The molecule has 0 spiro atoms. The highest BCUT2D eigenvalue weighted by atomic mass is 35.5. The summed E-state index contributed by atoms with van der Waals surface area (Å²) in [5.41, 5.74) is 0.185. The smallest absolute Gasteiger partial charge is 0.243 e. The second kappa shape index (κ2) is 5.75. The molecule has 1 saturated heterocycles. The largest absolute Gasteiger partial charge is 0.380 e. The van der Waals surface area contributed by atoms with E-state index in [4.69, 9.17) is 16.3 Å². The van der Waals surface area contributed by atoms with E-state index in [1.807, 2.05) is 0 Å². The summed E-state index contributed by atoms with van der Waals surface area (Å²) < 4.78 is 44.6. The molecule has 0 radical (unpaired) electrons. The molecule has 1 aromatic carbocycles. The topological polar surface area (TPSA) is 46.6 Å². The van der Waals surface area contributed by atoms with Gasteiger partial charge in [-0.3, -0.25) is 0 Å². The minimum absolute atomic E-state index is 0.0596. The van der Waals surface area contributed by atoms with Gasteiger partial charge in [-0.25, -0.2) is 12.8 Å². The lowest BCUT2D eigenvalue weighted by atomic mass is 10.2. The number of alkyl halides is 1. The van der Waals surface area contributed by atoms with Crippen LogP contribution in [0, 0.1) is 5.82 Å². The van der Waals surface area contributed by atoms with Crippen LogP contribution in [0.4, 0.5) is 4.39 Å². The molecular formula is C12H15ClFNO3S. The minimum atomic E-state index is -3.60. The molecule has 0 N–H and O–H groups in total. The molecule has 1 aliphatic rings. The van der Waals surface area contributed by atoms with Crippen LogP contribution >= 0.6 is 11.6 Å². The number of benzene rings is 1. The fourth-order valence-corrected chi connectivity index (χ4v) is 3.81. The van der Waals surface area contributed by atoms with Gasteiger partial charge in [-0.15, -0.1) is 11.6 Å². The standard InChI is InChI=1S/C12H15ClFNO3S/c1-18-10-4-5-15(8-10)19(16,17)11-2-3-12(14)9(6-11)7-13/h2-3,6,10H,4-5,7-8H2,1H3. The minimum Gasteiger partial charge on any atom is -0.380 e. The van der Waals surface area contributed by atoms with Gasteiger partial charge in [0.25, 0.3) is 0 Å². The molecule has 1 unspecified atom stereocenters. The van der Waals surface area contributed by atoms with Gasteiger partial charge in [0.15, 0.2) is 0 Å². The summed E-state index contributed by atoms with van der Waals surface area (Å²) in [4.78, 5) is 0.0707. The third kappa shape index (κ3) is 2.91. The monoisotopic (exact) mass is 307 g/mol. The van der Waals surface area contributed by atoms with E-state index in [2.05, 4.69) is 0 Å². The Labute approximate surface area is 117 Å². The Morgan fingerprint density at radius 1 is 1.53 bits per heavy atom. The quantitative estimate of drug-likeness (QED) is 0.799. The number of hydrogen-bond donors (Lipinski definition) is 0. The lowest BCUT2D eigenvalue weighted by Crippen LogP contribution is -2.30. The number of hydrogen-bond acceptors (Lipinski definition) is 3. The first-order valence-corrected chi connectivity index (χ1v) is 7.84. The van der Waals surface area contributed by atoms with Crippen LogP contribution < -0.4 is 0 Å². The van der Waals surface area contributed by atoms with Crippen LogP contribution in [-0.4, -0.2) is 39.0 Å².